The molecule has 0 aliphatic heterocycles. The van der Waals surface area contributed by atoms with Crippen molar-refractivity contribution in [1.29, 1.82) is 0 Å². The lowest BCUT2D eigenvalue weighted by Crippen LogP contribution is -2.15. The Bertz CT molecular complexity index is 729. The molecule has 2 nitrogen and oxygen atoms in total. The number of hydrogen-bond acceptors (Lipinski definition) is 2. The summed E-state index contributed by atoms with van der Waals surface area (Å²) in [5.41, 5.74) is 7.01. The SMILES string of the molecule is Cc1cc(Br)ccc1NC(=O)CSc1c(C)c(C)cc(C)c1C. The molecular formula is C19H22BrNOS. The molecule has 2 aromatic rings. The molecule has 0 atom stereocenters. The molecule has 0 bridgehead atoms. The first kappa shape index (κ1) is 18.1. The van der Waals surface area contributed by atoms with E-state index in [9.17, 15) is 4.79 Å². The van der Waals surface area contributed by atoms with Gasteiger partial charge in [0.25, 0.3) is 0 Å². The van der Waals surface area contributed by atoms with Crippen LogP contribution in [0.4, 0.5) is 5.69 Å². The van der Waals surface area contributed by atoms with E-state index in [1.54, 1.807) is 11.8 Å². The van der Waals surface area contributed by atoms with E-state index in [-0.39, 0.29) is 5.91 Å². The first-order valence-corrected chi connectivity index (χ1v) is 9.33. The molecule has 0 aromatic heterocycles. The van der Waals surface area contributed by atoms with Gasteiger partial charge in [0.1, 0.15) is 0 Å². The van der Waals surface area contributed by atoms with Crippen molar-refractivity contribution >= 4 is 39.3 Å². The van der Waals surface area contributed by atoms with Gasteiger partial charge in [-0.3, -0.25) is 4.79 Å². The maximum atomic E-state index is 12.3. The quantitative estimate of drug-likeness (QED) is 0.674. The first-order chi connectivity index (χ1) is 10.8. The second-order valence-corrected chi connectivity index (χ2v) is 7.79. The van der Waals surface area contributed by atoms with Crippen molar-refractivity contribution in [2.75, 3.05) is 11.1 Å². The third-order valence-electron chi connectivity index (χ3n) is 4.11. The Morgan fingerprint density at radius 2 is 1.61 bits per heavy atom. The summed E-state index contributed by atoms with van der Waals surface area (Å²) in [6, 6.07) is 8.07. The lowest BCUT2D eigenvalue weighted by atomic mass is 10.0. The lowest BCUT2D eigenvalue weighted by Gasteiger charge is -2.15. The molecule has 23 heavy (non-hydrogen) atoms. The zero-order chi connectivity index (χ0) is 17.1. The molecule has 0 aliphatic rings. The van der Waals surface area contributed by atoms with Crippen LogP contribution in [0.2, 0.25) is 0 Å². The van der Waals surface area contributed by atoms with E-state index in [1.807, 2.05) is 25.1 Å². The van der Waals surface area contributed by atoms with Crippen molar-refractivity contribution in [3.8, 4) is 0 Å². The molecule has 0 unspecified atom stereocenters. The number of amides is 1. The van der Waals surface area contributed by atoms with E-state index < -0.39 is 0 Å². The van der Waals surface area contributed by atoms with Crippen LogP contribution in [0.5, 0.6) is 0 Å². The van der Waals surface area contributed by atoms with Crippen molar-refractivity contribution < 1.29 is 4.79 Å². The monoisotopic (exact) mass is 391 g/mol. The molecule has 0 heterocycles. The number of anilines is 1. The molecule has 1 amide bonds. The highest BCUT2D eigenvalue weighted by atomic mass is 79.9. The average Bonchev–Trinajstić information content (AvgIpc) is 2.48. The Kier molecular flexibility index (Phi) is 5.93. The number of hydrogen-bond donors (Lipinski definition) is 1. The summed E-state index contributed by atoms with van der Waals surface area (Å²) in [6.45, 7) is 10.5. The van der Waals surface area contributed by atoms with Crippen LogP contribution >= 0.6 is 27.7 Å². The highest BCUT2D eigenvalue weighted by Gasteiger charge is 2.12. The van der Waals surface area contributed by atoms with Crippen LogP contribution in [0.1, 0.15) is 27.8 Å². The molecule has 0 spiro atoms. The second-order valence-electron chi connectivity index (χ2n) is 5.89. The van der Waals surface area contributed by atoms with Gasteiger partial charge in [0.05, 0.1) is 5.75 Å². The van der Waals surface area contributed by atoms with Crippen LogP contribution in [0.15, 0.2) is 33.6 Å². The predicted molar refractivity (Wildman–Crippen MR) is 104 cm³/mol. The zero-order valence-electron chi connectivity index (χ0n) is 14.2. The predicted octanol–water partition coefficient (Wildman–Crippen LogP) is 5.72. The van der Waals surface area contributed by atoms with Gasteiger partial charge in [-0.2, -0.15) is 0 Å². The van der Waals surface area contributed by atoms with Gasteiger partial charge in [0, 0.05) is 15.1 Å². The Hall–Kier alpha value is -1.26. The first-order valence-electron chi connectivity index (χ1n) is 7.55. The second kappa shape index (κ2) is 7.54. The topological polar surface area (TPSA) is 29.1 Å². The largest absolute Gasteiger partial charge is 0.325 e. The van der Waals surface area contributed by atoms with Crippen molar-refractivity contribution in [3.05, 3.63) is 56.6 Å². The average molecular weight is 392 g/mol. The van der Waals surface area contributed by atoms with Crippen LogP contribution in [0.25, 0.3) is 0 Å². The number of thioether (sulfide) groups is 1. The molecule has 0 aliphatic carbocycles. The van der Waals surface area contributed by atoms with E-state index in [4.69, 9.17) is 0 Å². The summed E-state index contributed by atoms with van der Waals surface area (Å²) in [4.78, 5) is 13.5. The number of nitrogens with one attached hydrogen (secondary N) is 1. The number of carbonyl (C=O) groups excluding carboxylic acids is 1. The number of rotatable bonds is 4. The number of halogens is 1. The normalized spacial score (nSPS) is 10.7. The van der Waals surface area contributed by atoms with Crippen molar-refractivity contribution in [2.45, 2.75) is 39.5 Å². The highest BCUT2D eigenvalue weighted by molar-refractivity contribution is 9.10. The Morgan fingerprint density at radius 3 is 2.17 bits per heavy atom. The smallest absolute Gasteiger partial charge is 0.234 e. The minimum atomic E-state index is 0.0263. The number of carbonyl (C=O) groups is 1. The van der Waals surface area contributed by atoms with Crippen molar-refractivity contribution in [1.82, 2.24) is 0 Å². The highest BCUT2D eigenvalue weighted by Crippen LogP contribution is 2.31. The molecule has 2 aromatic carbocycles. The van der Waals surface area contributed by atoms with E-state index >= 15 is 0 Å². The van der Waals surface area contributed by atoms with Crippen LogP contribution in [-0.2, 0) is 4.79 Å². The van der Waals surface area contributed by atoms with Gasteiger partial charge >= 0.3 is 0 Å². The molecule has 0 saturated heterocycles. The zero-order valence-corrected chi connectivity index (χ0v) is 16.6. The molecule has 0 saturated carbocycles. The number of aryl methyl sites for hydroxylation is 3. The van der Waals surface area contributed by atoms with Crippen molar-refractivity contribution in [3.63, 3.8) is 0 Å². The summed E-state index contributed by atoms with van der Waals surface area (Å²) in [6.07, 6.45) is 0. The molecule has 122 valence electrons. The summed E-state index contributed by atoms with van der Waals surface area (Å²) < 4.78 is 1.02. The Balaban J connectivity index is 2.08. The lowest BCUT2D eigenvalue weighted by molar-refractivity contribution is -0.113. The van der Waals surface area contributed by atoms with Crippen LogP contribution in [-0.4, -0.2) is 11.7 Å². The molecule has 0 fully saturated rings. The van der Waals surface area contributed by atoms with Gasteiger partial charge < -0.3 is 5.32 Å². The van der Waals surface area contributed by atoms with Crippen LogP contribution in [0, 0.1) is 34.6 Å². The molecule has 4 heteroatoms. The molecule has 1 N–H and O–H groups in total. The van der Waals surface area contributed by atoms with Gasteiger partial charge in [-0.25, -0.2) is 0 Å². The molecule has 2 rings (SSSR count). The Morgan fingerprint density at radius 1 is 1.00 bits per heavy atom. The van der Waals surface area contributed by atoms with E-state index in [0.717, 1.165) is 15.7 Å². The third-order valence-corrected chi connectivity index (χ3v) is 5.91. The fraction of sp³-hybridized carbons (Fsp3) is 0.316. The third kappa shape index (κ3) is 4.39. The standard InChI is InChI=1S/C19H22BrNOS/c1-11-8-12(2)15(5)19(14(11)4)23-10-18(22)21-17-7-6-16(20)9-13(17)3/h6-9H,10H2,1-5H3,(H,21,22). The molecular weight excluding hydrogens is 370 g/mol. The van der Waals surface area contributed by atoms with E-state index in [2.05, 4.69) is 55.0 Å². The van der Waals surface area contributed by atoms with E-state index in [0.29, 0.717) is 5.75 Å². The fourth-order valence-electron chi connectivity index (χ4n) is 2.49. The number of benzene rings is 2. The minimum absolute atomic E-state index is 0.0263. The van der Waals surface area contributed by atoms with Gasteiger partial charge in [0.15, 0.2) is 0 Å². The van der Waals surface area contributed by atoms with Gasteiger partial charge in [-0.15, -0.1) is 11.8 Å². The van der Waals surface area contributed by atoms with Crippen molar-refractivity contribution in [2.24, 2.45) is 0 Å². The Labute approximate surface area is 151 Å². The summed E-state index contributed by atoms with van der Waals surface area (Å²) in [7, 11) is 0. The van der Waals surface area contributed by atoms with E-state index in [1.165, 1.54) is 27.1 Å². The summed E-state index contributed by atoms with van der Waals surface area (Å²) >= 11 is 5.05. The fourth-order valence-corrected chi connectivity index (χ4v) is 4.07. The summed E-state index contributed by atoms with van der Waals surface area (Å²) in [5, 5.41) is 3.00. The van der Waals surface area contributed by atoms with Crippen LogP contribution < -0.4 is 5.32 Å². The van der Waals surface area contributed by atoms with Gasteiger partial charge in [-0.1, -0.05) is 22.0 Å². The van der Waals surface area contributed by atoms with Gasteiger partial charge in [-0.05, 0) is 80.6 Å². The maximum absolute atomic E-state index is 12.3. The molecule has 0 radical (unpaired) electrons. The minimum Gasteiger partial charge on any atom is -0.325 e. The summed E-state index contributed by atoms with van der Waals surface area (Å²) in [5.74, 6) is 0.443. The van der Waals surface area contributed by atoms with Gasteiger partial charge in [0.2, 0.25) is 5.91 Å². The maximum Gasteiger partial charge on any atom is 0.234 e. The van der Waals surface area contributed by atoms with Crippen LogP contribution in [0.3, 0.4) is 0 Å².